The fourth-order valence-corrected chi connectivity index (χ4v) is 2.41. The summed E-state index contributed by atoms with van der Waals surface area (Å²) in [4.78, 5) is 15.5. The third-order valence-electron chi connectivity index (χ3n) is 3.64. The Labute approximate surface area is 137 Å². The Morgan fingerprint density at radius 3 is 2.83 bits per heavy atom. The molecule has 2 N–H and O–H groups in total. The molecule has 4 aromatic rings. The van der Waals surface area contributed by atoms with E-state index in [1.54, 1.807) is 13.4 Å². The molecule has 8 heteroatoms. The maximum absolute atomic E-state index is 5.17. The van der Waals surface area contributed by atoms with E-state index in [9.17, 15) is 0 Å². The predicted molar refractivity (Wildman–Crippen MR) is 89.1 cm³/mol. The maximum Gasteiger partial charge on any atom is 0.182 e. The first kappa shape index (κ1) is 14.2. The lowest BCUT2D eigenvalue weighted by atomic mass is 10.3. The van der Waals surface area contributed by atoms with E-state index >= 15 is 0 Å². The van der Waals surface area contributed by atoms with Crippen LogP contribution in [0.25, 0.3) is 16.9 Å². The first-order chi connectivity index (χ1) is 11.8. The Morgan fingerprint density at radius 1 is 1.12 bits per heavy atom. The molecular weight excluding hydrogens is 306 g/mol. The van der Waals surface area contributed by atoms with E-state index in [-0.39, 0.29) is 0 Å². The molecule has 1 aromatic carbocycles. The number of hydrogen-bond acceptors (Lipinski definition) is 6. The van der Waals surface area contributed by atoms with E-state index in [2.05, 4.69) is 30.4 Å². The molecule has 8 nitrogen and oxygen atoms in total. The second-order valence-electron chi connectivity index (χ2n) is 5.13. The number of aromatic nitrogens is 6. The molecular formula is C16H15N7O. The minimum atomic E-state index is 0.550. The van der Waals surface area contributed by atoms with Crippen LogP contribution in [0.5, 0.6) is 5.75 Å². The van der Waals surface area contributed by atoms with Crippen LogP contribution in [0.1, 0.15) is 5.69 Å². The maximum atomic E-state index is 5.17. The van der Waals surface area contributed by atoms with Crippen LogP contribution in [0.2, 0.25) is 0 Å². The highest BCUT2D eigenvalue weighted by atomic mass is 16.5. The van der Waals surface area contributed by atoms with E-state index in [1.807, 2.05) is 41.2 Å². The van der Waals surface area contributed by atoms with Gasteiger partial charge in [0.15, 0.2) is 11.5 Å². The second-order valence-corrected chi connectivity index (χ2v) is 5.13. The summed E-state index contributed by atoms with van der Waals surface area (Å²) in [5.74, 6) is 1.52. The van der Waals surface area contributed by atoms with Gasteiger partial charge in [0.2, 0.25) is 0 Å². The van der Waals surface area contributed by atoms with Crippen LogP contribution < -0.4 is 10.1 Å². The third kappa shape index (κ3) is 2.65. The zero-order chi connectivity index (χ0) is 16.4. The Hall–Kier alpha value is -3.42. The quantitative estimate of drug-likeness (QED) is 0.585. The zero-order valence-electron chi connectivity index (χ0n) is 13.0. The number of ether oxygens (including phenoxy) is 1. The first-order valence-corrected chi connectivity index (χ1v) is 7.40. The Balaban J connectivity index is 1.50. The summed E-state index contributed by atoms with van der Waals surface area (Å²) in [6.07, 6.45) is 5.01. The highest BCUT2D eigenvalue weighted by Gasteiger charge is 2.07. The minimum absolute atomic E-state index is 0.550. The van der Waals surface area contributed by atoms with Crippen LogP contribution in [0, 0.1) is 0 Å². The van der Waals surface area contributed by atoms with Crippen molar-refractivity contribution in [3.63, 3.8) is 0 Å². The molecule has 24 heavy (non-hydrogen) atoms. The number of methoxy groups -OCH3 is 1. The molecule has 0 aliphatic rings. The molecule has 120 valence electrons. The van der Waals surface area contributed by atoms with Gasteiger partial charge in [0.05, 0.1) is 31.4 Å². The average molecular weight is 321 g/mol. The molecule has 0 aliphatic heterocycles. The number of fused-ring (bicyclic) bond motifs is 1. The molecule has 0 saturated heterocycles. The van der Waals surface area contributed by atoms with E-state index in [1.165, 1.54) is 6.33 Å². The van der Waals surface area contributed by atoms with Crippen molar-refractivity contribution in [2.75, 3.05) is 12.4 Å². The lowest BCUT2D eigenvalue weighted by Gasteiger charge is -2.05. The molecule has 3 aromatic heterocycles. The van der Waals surface area contributed by atoms with Crippen molar-refractivity contribution < 1.29 is 4.74 Å². The van der Waals surface area contributed by atoms with Crippen LogP contribution in [0.4, 0.5) is 5.82 Å². The van der Waals surface area contributed by atoms with Crippen LogP contribution in [0.3, 0.4) is 0 Å². The van der Waals surface area contributed by atoms with E-state index < -0.39 is 0 Å². The smallest absolute Gasteiger partial charge is 0.182 e. The average Bonchev–Trinajstić information content (AvgIpc) is 3.29. The van der Waals surface area contributed by atoms with Gasteiger partial charge < -0.3 is 15.0 Å². The number of benzene rings is 1. The normalized spacial score (nSPS) is 10.9. The van der Waals surface area contributed by atoms with Gasteiger partial charge in [-0.15, -0.1) is 0 Å². The van der Waals surface area contributed by atoms with Gasteiger partial charge >= 0.3 is 0 Å². The van der Waals surface area contributed by atoms with Gasteiger partial charge in [0.25, 0.3) is 0 Å². The van der Waals surface area contributed by atoms with Crippen molar-refractivity contribution in [3.05, 3.63) is 54.9 Å². The van der Waals surface area contributed by atoms with Gasteiger partial charge in [-0.2, -0.15) is 5.10 Å². The van der Waals surface area contributed by atoms with Crippen LogP contribution in [-0.2, 0) is 6.54 Å². The Morgan fingerprint density at radius 2 is 2.00 bits per heavy atom. The van der Waals surface area contributed by atoms with Crippen molar-refractivity contribution in [1.82, 2.24) is 29.7 Å². The minimum Gasteiger partial charge on any atom is -0.497 e. The first-order valence-electron chi connectivity index (χ1n) is 7.40. The summed E-state index contributed by atoms with van der Waals surface area (Å²) in [5.41, 5.74) is 3.29. The molecule has 0 aliphatic carbocycles. The summed E-state index contributed by atoms with van der Waals surface area (Å²) in [5, 5.41) is 7.82. The number of hydrogen-bond donors (Lipinski definition) is 2. The van der Waals surface area contributed by atoms with Crippen molar-refractivity contribution in [1.29, 1.82) is 0 Å². The predicted octanol–water partition coefficient (Wildman–Crippen LogP) is 2.16. The summed E-state index contributed by atoms with van der Waals surface area (Å²) in [6.45, 7) is 0.550. The number of nitrogens with zero attached hydrogens (tertiary/aromatic N) is 5. The van der Waals surface area contributed by atoms with E-state index in [0.717, 1.165) is 22.6 Å². The molecule has 0 fully saturated rings. The van der Waals surface area contributed by atoms with Crippen molar-refractivity contribution >= 4 is 17.0 Å². The number of aromatic amines is 1. The molecule has 4 rings (SSSR count). The summed E-state index contributed by atoms with van der Waals surface area (Å²) < 4.78 is 6.99. The summed E-state index contributed by atoms with van der Waals surface area (Å²) in [6, 6.07) is 9.70. The number of H-pyrrole nitrogens is 1. The Bertz CT molecular complexity index is 958. The van der Waals surface area contributed by atoms with Crippen LogP contribution in [-0.4, -0.2) is 36.8 Å². The summed E-state index contributed by atoms with van der Waals surface area (Å²) >= 11 is 0. The molecule has 0 spiro atoms. The van der Waals surface area contributed by atoms with E-state index in [4.69, 9.17) is 4.74 Å². The number of rotatable bonds is 5. The van der Waals surface area contributed by atoms with Gasteiger partial charge in [0.1, 0.15) is 17.6 Å². The molecule has 0 unspecified atom stereocenters. The molecule has 0 saturated carbocycles. The second kappa shape index (κ2) is 5.99. The number of imidazole rings is 1. The van der Waals surface area contributed by atoms with Gasteiger partial charge in [-0.1, -0.05) is 0 Å². The lowest BCUT2D eigenvalue weighted by Crippen LogP contribution is -2.04. The third-order valence-corrected chi connectivity index (χ3v) is 3.64. The van der Waals surface area contributed by atoms with E-state index in [0.29, 0.717) is 18.0 Å². The fourth-order valence-electron chi connectivity index (χ4n) is 2.41. The van der Waals surface area contributed by atoms with Gasteiger partial charge in [-0.3, -0.25) is 0 Å². The summed E-state index contributed by atoms with van der Waals surface area (Å²) in [7, 11) is 1.65. The molecule has 0 amide bonds. The number of anilines is 1. The van der Waals surface area contributed by atoms with Gasteiger partial charge in [-0.05, 0) is 30.3 Å². The molecule has 0 atom stereocenters. The monoisotopic (exact) mass is 321 g/mol. The van der Waals surface area contributed by atoms with Crippen molar-refractivity contribution in [2.45, 2.75) is 6.54 Å². The van der Waals surface area contributed by atoms with Crippen molar-refractivity contribution in [3.8, 4) is 11.4 Å². The standard InChI is InChI=1S/C16H15N7O/c1-24-13-4-2-12(3-5-13)23-7-6-11(22-23)8-17-15-14-16(19-9-18-14)21-10-20-15/h2-7,9-10H,8H2,1H3,(H2,17,18,19,20,21). The Kier molecular flexibility index (Phi) is 3.54. The van der Waals surface area contributed by atoms with Crippen LogP contribution in [0.15, 0.2) is 49.2 Å². The lowest BCUT2D eigenvalue weighted by molar-refractivity contribution is 0.414. The SMILES string of the molecule is COc1ccc(-n2ccc(CNc3ncnc4nc[nH]c34)n2)cc1. The zero-order valence-corrected chi connectivity index (χ0v) is 13.0. The molecule has 0 bridgehead atoms. The van der Waals surface area contributed by atoms with Crippen LogP contribution >= 0.6 is 0 Å². The topological polar surface area (TPSA) is 93.5 Å². The van der Waals surface area contributed by atoms with Gasteiger partial charge in [-0.25, -0.2) is 19.6 Å². The molecule has 3 heterocycles. The highest BCUT2D eigenvalue weighted by Crippen LogP contribution is 2.17. The fraction of sp³-hybridized carbons (Fsp3) is 0.125. The number of nitrogens with one attached hydrogen (secondary N) is 2. The largest absolute Gasteiger partial charge is 0.497 e. The molecule has 0 radical (unpaired) electrons. The van der Waals surface area contributed by atoms with Gasteiger partial charge in [0, 0.05) is 6.20 Å². The highest BCUT2D eigenvalue weighted by molar-refractivity contribution is 5.81. The van der Waals surface area contributed by atoms with Crippen molar-refractivity contribution in [2.24, 2.45) is 0 Å².